The van der Waals surface area contributed by atoms with Gasteiger partial charge in [-0.1, -0.05) is 0 Å². The number of rotatable bonds is 6. The number of hydrogen-bond donors (Lipinski definition) is 0. The van der Waals surface area contributed by atoms with Crippen LogP contribution in [0.15, 0.2) is 0 Å². The van der Waals surface area contributed by atoms with Crippen molar-refractivity contribution in [3.8, 4) is 0 Å². The fourth-order valence-corrected chi connectivity index (χ4v) is 8.84. The van der Waals surface area contributed by atoms with Crippen LogP contribution in [0, 0.1) is 10.8 Å². The molecule has 2 nitrogen and oxygen atoms in total. The third kappa shape index (κ3) is 3.38. The van der Waals surface area contributed by atoms with E-state index in [4.69, 9.17) is 17.9 Å². The molecule has 2 fully saturated rings. The Morgan fingerprint density at radius 1 is 0.941 bits per heavy atom. The summed E-state index contributed by atoms with van der Waals surface area (Å²) in [6, 6.07) is 0. The quantitative estimate of drug-likeness (QED) is 0.647. The number of carbonyl (C=O) groups is 2. The van der Waals surface area contributed by atoms with Crippen LogP contribution in [-0.2, 0) is 9.59 Å². The molecule has 0 unspecified atom stereocenters. The molecule has 0 bridgehead atoms. The summed E-state index contributed by atoms with van der Waals surface area (Å²) < 4.78 is 0.563. The van der Waals surface area contributed by atoms with Crippen molar-refractivity contribution >= 4 is 45.4 Å². The Hall–Kier alpha value is 0.710. The zero-order chi connectivity index (χ0) is 12.9. The van der Waals surface area contributed by atoms with E-state index in [1.54, 1.807) is 0 Å². The summed E-state index contributed by atoms with van der Waals surface area (Å²) in [7, 11) is 12.6. The van der Waals surface area contributed by atoms with E-state index in [1.165, 1.54) is 0 Å². The van der Waals surface area contributed by atoms with Gasteiger partial charge in [-0.15, -0.1) is 0 Å². The first-order chi connectivity index (χ1) is 7.67. The Bertz CT molecular complexity index is 337. The summed E-state index contributed by atoms with van der Waals surface area (Å²) in [5.41, 5.74) is -0.346. The van der Waals surface area contributed by atoms with Crippen molar-refractivity contribution in [2.24, 2.45) is 10.8 Å². The third-order valence-corrected chi connectivity index (χ3v) is 10.9. The summed E-state index contributed by atoms with van der Waals surface area (Å²) in [5.74, 6) is 0.356. The van der Waals surface area contributed by atoms with E-state index in [-0.39, 0.29) is 31.3 Å². The Kier molecular flexibility index (Phi) is 3.63. The maximum absolute atomic E-state index is 12.0. The number of halogens is 2. The second-order valence-corrected chi connectivity index (χ2v) is 20.6. The van der Waals surface area contributed by atoms with Crippen molar-refractivity contribution in [1.29, 1.82) is 0 Å². The molecule has 0 heterocycles. The van der Waals surface area contributed by atoms with Crippen LogP contribution < -0.4 is 0 Å². The van der Waals surface area contributed by atoms with E-state index in [1.807, 2.05) is 13.8 Å². The summed E-state index contributed by atoms with van der Waals surface area (Å²) >= 11 is -3.28. The van der Waals surface area contributed by atoms with E-state index in [9.17, 15) is 9.59 Å². The van der Waals surface area contributed by atoms with Gasteiger partial charge < -0.3 is 0 Å². The normalized spacial score (nSPS) is 25.2. The predicted molar refractivity (Wildman–Crippen MR) is 71.8 cm³/mol. The van der Waals surface area contributed by atoms with Gasteiger partial charge in [-0.05, 0) is 0 Å². The molecule has 0 aliphatic heterocycles. The number of carbonyl (C=O) groups excluding carboxylic acids is 2. The summed E-state index contributed by atoms with van der Waals surface area (Å²) in [6.45, 7) is 3.93. The first kappa shape index (κ1) is 14.1. The monoisotopic (exact) mass is 394 g/mol. The molecule has 17 heavy (non-hydrogen) atoms. The predicted octanol–water partition coefficient (Wildman–Crippen LogP) is 3.64. The summed E-state index contributed by atoms with van der Waals surface area (Å²) in [6.07, 6.45) is 3.79. The minimum absolute atomic E-state index is 0.173. The molecule has 2 aliphatic rings. The molecule has 0 saturated heterocycles. The second-order valence-electron chi connectivity index (χ2n) is 5.96. The summed E-state index contributed by atoms with van der Waals surface area (Å²) in [5, 5.41) is 0. The van der Waals surface area contributed by atoms with Crippen molar-refractivity contribution < 1.29 is 9.59 Å². The van der Waals surface area contributed by atoms with Crippen molar-refractivity contribution in [3.63, 3.8) is 0 Å². The van der Waals surface area contributed by atoms with Crippen LogP contribution in [0.4, 0.5) is 0 Å². The van der Waals surface area contributed by atoms with E-state index >= 15 is 0 Å². The van der Waals surface area contributed by atoms with E-state index in [2.05, 4.69) is 0 Å². The van der Waals surface area contributed by atoms with Gasteiger partial charge in [0.1, 0.15) is 0 Å². The zero-order valence-corrected chi connectivity index (χ0v) is 14.1. The number of ketones is 2. The van der Waals surface area contributed by atoms with Gasteiger partial charge in [-0.2, -0.15) is 0 Å². The van der Waals surface area contributed by atoms with Crippen LogP contribution >= 0.6 is 17.9 Å². The summed E-state index contributed by atoms with van der Waals surface area (Å²) in [4.78, 5) is 23.9. The molecule has 2 aliphatic carbocycles. The Morgan fingerprint density at radius 2 is 1.24 bits per heavy atom. The molecule has 5 heteroatoms. The molecule has 0 atom stereocenters. The van der Waals surface area contributed by atoms with Crippen LogP contribution in [0.1, 0.15) is 39.5 Å². The Labute approximate surface area is 114 Å². The van der Waals surface area contributed by atoms with Gasteiger partial charge in [-0.25, -0.2) is 0 Å². The van der Waals surface area contributed by atoms with Gasteiger partial charge >= 0.3 is 114 Å². The van der Waals surface area contributed by atoms with E-state index in [0.717, 1.165) is 25.7 Å². The van der Waals surface area contributed by atoms with Crippen LogP contribution in [0.2, 0.25) is 8.94 Å². The molecule has 2 rings (SSSR count). The van der Waals surface area contributed by atoms with Crippen molar-refractivity contribution in [2.45, 2.75) is 48.5 Å². The van der Waals surface area contributed by atoms with E-state index in [0.29, 0.717) is 0 Å². The van der Waals surface area contributed by atoms with Gasteiger partial charge in [0.15, 0.2) is 0 Å². The third-order valence-electron chi connectivity index (χ3n) is 4.03. The van der Waals surface area contributed by atoms with Gasteiger partial charge in [0.05, 0.1) is 0 Å². The molecular formula is C12H18Cl2O2Te. The fourth-order valence-electron chi connectivity index (χ4n) is 1.72. The fraction of sp³-hybridized carbons (Fsp3) is 0.833. The molecule has 0 aromatic rings. The van der Waals surface area contributed by atoms with Crippen LogP contribution in [0.25, 0.3) is 0 Å². The topological polar surface area (TPSA) is 34.1 Å². The number of hydrogen-bond acceptors (Lipinski definition) is 2. The molecule has 0 N–H and O–H groups in total. The molecule has 2 saturated carbocycles. The van der Waals surface area contributed by atoms with Crippen molar-refractivity contribution in [2.75, 3.05) is 0 Å². The first-order valence-corrected chi connectivity index (χ1v) is 15.1. The van der Waals surface area contributed by atoms with E-state index < -0.39 is 15.9 Å². The van der Waals surface area contributed by atoms with Gasteiger partial charge in [0, 0.05) is 0 Å². The van der Waals surface area contributed by atoms with Crippen LogP contribution in [0.5, 0.6) is 0 Å². The van der Waals surface area contributed by atoms with Crippen LogP contribution in [0.3, 0.4) is 0 Å². The van der Waals surface area contributed by atoms with Crippen molar-refractivity contribution in [1.82, 2.24) is 0 Å². The SMILES string of the molecule is CC1(C(=O)C[Te](Cl)(Cl)CC(=O)C2(C)CC2)CC1. The zero-order valence-electron chi connectivity index (χ0n) is 10.2. The van der Waals surface area contributed by atoms with Crippen molar-refractivity contribution in [3.05, 3.63) is 0 Å². The van der Waals surface area contributed by atoms with Gasteiger partial charge in [0.2, 0.25) is 0 Å². The first-order valence-electron chi connectivity index (χ1n) is 5.92. The number of Topliss-reactive ketones (excluding diaryl/α,β-unsaturated/α-hetero) is 2. The molecule has 0 amide bonds. The molecule has 0 spiro atoms. The van der Waals surface area contributed by atoms with Gasteiger partial charge in [-0.3, -0.25) is 0 Å². The van der Waals surface area contributed by atoms with Gasteiger partial charge in [0.25, 0.3) is 0 Å². The molecule has 0 aromatic carbocycles. The second kappa shape index (κ2) is 4.37. The molecule has 98 valence electrons. The van der Waals surface area contributed by atoms with Crippen LogP contribution in [-0.4, -0.2) is 27.5 Å². The molecular weight excluding hydrogens is 375 g/mol. The standard InChI is InChI=1S/C12H18Cl2O2Te/c1-11(3-4-11)9(15)7-17(13,14)8-10(16)12(2)5-6-12/h3-8H2,1-2H3. The molecule has 0 radical (unpaired) electrons. The average molecular weight is 393 g/mol. The maximum atomic E-state index is 12.0. The average Bonchev–Trinajstić information content (AvgIpc) is 3.05. The Morgan fingerprint density at radius 3 is 1.47 bits per heavy atom. The Balaban J connectivity index is 1.90. The minimum atomic E-state index is -3.28. The molecule has 0 aromatic heterocycles.